The third-order valence-electron chi connectivity index (χ3n) is 3.79. The molecule has 0 atom stereocenters. The van der Waals surface area contributed by atoms with Gasteiger partial charge in [-0.2, -0.15) is 0 Å². The van der Waals surface area contributed by atoms with Crippen LogP contribution < -0.4 is 15.8 Å². The number of ether oxygens (including phenoxy) is 2. The number of nitrogens with two attached hydrogens (primary N) is 1. The summed E-state index contributed by atoms with van der Waals surface area (Å²) < 4.78 is 10.9. The highest BCUT2D eigenvalue weighted by Gasteiger charge is 2.35. The lowest BCUT2D eigenvalue weighted by molar-refractivity contribution is -0.124. The first-order valence-corrected chi connectivity index (χ1v) is 7.53. The number of carbonyl (C=O) groups is 1. The van der Waals surface area contributed by atoms with Gasteiger partial charge < -0.3 is 20.5 Å². The summed E-state index contributed by atoms with van der Waals surface area (Å²) in [7, 11) is 0. The standard InChI is InChI=1S/C17H19N3O3/c18-17(7-10-22-11-8-17)16(21)20-13-4-3-5-14(12-13)23-15-6-1-2-9-19-15/h1-6,9,12H,7-8,10-11,18H2,(H,20,21). The molecule has 0 aliphatic carbocycles. The van der Waals surface area contributed by atoms with E-state index in [1.807, 2.05) is 12.1 Å². The molecule has 1 saturated heterocycles. The number of anilines is 1. The van der Waals surface area contributed by atoms with Gasteiger partial charge in [-0.1, -0.05) is 12.1 Å². The fourth-order valence-electron chi connectivity index (χ4n) is 2.38. The zero-order chi connectivity index (χ0) is 16.1. The Kier molecular flexibility index (Phi) is 4.55. The second-order valence-electron chi connectivity index (χ2n) is 5.52. The largest absolute Gasteiger partial charge is 0.439 e. The van der Waals surface area contributed by atoms with Crippen LogP contribution in [0.3, 0.4) is 0 Å². The Hall–Kier alpha value is -2.44. The zero-order valence-electron chi connectivity index (χ0n) is 12.7. The van der Waals surface area contributed by atoms with Gasteiger partial charge in [-0.3, -0.25) is 4.79 Å². The van der Waals surface area contributed by atoms with Crippen molar-refractivity contribution in [1.82, 2.24) is 4.98 Å². The molecule has 23 heavy (non-hydrogen) atoms. The van der Waals surface area contributed by atoms with Crippen LogP contribution in [0.2, 0.25) is 0 Å². The number of pyridine rings is 1. The predicted octanol–water partition coefficient (Wildman–Crippen LogP) is 2.32. The van der Waals surface area contributed by atoms with Crippen molar-refractivity contribution in [2.45, 2.75) is 18.4 Å². The number of carbonyl (C=O) groups excluding carboxylic acids is 1. The Bertz CT molecular complexity index is 670. The number of nitrogens with zero attached hydrogens (tertiary/aromatic N) is 1. The Balaban J connectivity index is 1.69. The van der Waals surface area contributed by atoms with Crippen molar-refractivity contribution < 1.29 is 14.3 Å². The lowest BCUT2D eigenvalue weighted by Crippen LogP contribution is -2.54. The zero-order valence-corrected chi connectivity index (χ0v) is 12.7. The van der Waals surface area contributed by atoms with E-state index in [1.165, 1.54) is 0 Å². The Labute approximate surface area is 134 Å². The van der Waals surface area contributed by atoms with Crippen LogP contribution in [0.1, 0.15) is 12.8 Å². The monoisotopic (exact) mass is 313 g/mol. The van der Waals surface area contributed by atoms with Gasteiger partial charge in [0.05, 0.1) is 0 Å². The summed E-state index contributed by atoms with van der Waals surface area (Å²) in [6.07, 6.45) is 2.69. The number of amides is 1. The van der Waals surface area contributed by atoms with Crippen molar-refractivity contribution in [3.8, 4) is 11.6 Å². The maximum atomic E-state index is 12.4. The topological polar surface area (TPSA) is 86.5 Å². The average molecular weight is 313 g/mol. The Morgan fingerprint density at radius 2 is 2.04 bits per heavy atom. The highest BCUT2D eigenvalue weighted by atomic mass is 16.5. The first-order chi connectivity index (χ1) is 11.2. The fraction of sp³-hybridized carbons (Fsp3) is 0.294. The minimum absolute atomic E-state index is 0.198. The van der Waals surface area contributed by atoms with Crippen LogP contribution in [0.4, 0.5) is 5.69 Å². The van der Waals surface area contributed by atoms with Crippen molar-refractivity contribution in [3.05, 3.63) is 48.7 Å². The van der Waals surface area contributed by atoms with E-state index in [0.29, 0.717) is 43.4 Å². The van der Waals surface area contributed by atoms with Gasteiger partial charge in [0, 0.05) is 37.2 Å². The third-order valence-corrected chi connectivity index (χ3v) is 3.79. The van der Waals surface area contributed by atoms with Crippen LogP contribution in [0.25, 0.3) is 0 Å². The molecule has 1 aliphatic rings. The van der Waals surface area contributed by atoms with Crippen molar-refractivity contribution in [1.29, 1.82) is 0 Å². The normalized spacial score (nSPS) is 16.6. The highest BCUT2D eigenvalue weighted by Crippen LogP contribution is 2.24. The van der Waals surface area contributed by atoms with Crippen LogP contribution in [-0.4, -0.2) is 29.6 Å². The van der Waals surface area contributed by atoms with Crippen LogP contribution in [0.15, 0.2) is 48.7 Å². The van der Waals surface area contributed by atoms with Gasteiger partial charge in [0.15, 0.2) is 0 Å². The van der Waals surface area contributed by atoms with E-state index >= 15 is 0 Å². The summed E-state index contributed by atoms with van der Waals surface area (Å²) >= 11 is 0. The number of hydrogen-bond donors (Lipinski definition) is 2. The number of hydrogen-bond acceptors (Lipinski definition) is 5. The predicted molar refractivity (Wildman–Crippen MR) is 86.4 cm³/mol. The van der Waals surface area contributed by atoms with E-state index in [9.17, 15) is 4.79 Å². The number of nitrogens with one attached hydrogen (secondary N) is 1. The van der Waals surface area contributed by atoms with Crippen molar-refractivity contribution in [2.75, 3.05) is 18.5 Å². The summed E-state index contributed by atoms with van der Waals surface area (Å²) in [5.74, 6) is 0.894. The summed E-state index contributed by atoms with van der Waals surface area (Å²) in [5.41, 5.74) is 5.94. The number of rotatable bonds is 4. The van der Waals surface area contributed by atoms with Gasteiger partial charge in [-0.05, 0) is 31.0 Å². The maximum Gasteiger partial charge on any atom is 0.244 e. The summed E-state index contributed by atoms with van der Waals surface area (Å²) in [6.45, 7) is 1.01. The molecule has 1 aliphatic heterocycles. The van der Waals surface area contributed by atoms with Crippen molar-refractivity contribution in [2.24, 2.45) is 5.73 Å². The van der Waals surface area contributed by atoms with Crippen molar-refractivity contribution in [3.63, 3.8) is 0 Å². The molecule has 1 aromatic heterocycles. The van der Waals surface area contributed by atoms with Gasteiger partial charge in [0.1, 0.15) is 11.3 Å². The summed E-state index contributed by atoms with van der Waals surface area (Å²) in [6, 6.07) is 12.6. The van der Waals surface area contributed by atoms with E-state index in [4.69, 9.17) is 15.2 Å². The average Bonchev–Trinajstić information content (AvgIpc) is 2.57. The van der Waals surface area contributed by atoms with Gasteiger partial charge in [-0.25, -0.2) is 4.98 Å². The van der Waals surface area contributed by atoms with Gasteiger partial charge in [0.25, 0.3) is 0 Å². The molecule has 3 rings (SSSR count). The van der Waals surface area contributed by atoms with E-state index in [0.717, 1.165) is 0 Å². The maximum absolute atomic E-state index is 12.4. The first kappa shape index (κ1) is 15.5. The SMILES string of the molecule is NC1(C(=O)Nc2cccc(Oc3ccccn3)c2)CCOCC1. The fourth-order valence-corrected chi connectivity index (χ4v) is 2.38. The molecule has 120 valence electrons. The van der Waals surface area contributed by atoms with Crippen molar-refractivity contribution >= 4 is 11.6 Å². The number of benzene rings is 1. The van der Waals surface area contributed by atoms with Crippen LogP contribution in [0, 0.1) is 0 Å². The molecular weight excluding hydrogens is 294 g/mol. The summed E-state index contributed by atoms with van der Waals surface area (Å²) in [5, 5.41) is 2.86. The second kappa shape index (κ2) is 6.76. The molecule has 0 radical (unpaired) electrons. The smallest absolute Gasteiger partial charge is 0.244 e. The molecule has 0 bridgehead atoms. The molecule has 3 N–H and O–H groups in total. The molecule has 1 aromatic carbocycles. The first-order valence-electron chi connectivity index (χ1n) is 7.53. The van der Waals surface area contributed by atoms with E-state index in [-0.39, 0.29) is 5.91 Å². The number of aromatic nitrogens is 1. The van der Waals surface area contributed by atoms with E-state index in [1.54, 1.807) is 36.5 Å². The Morgan fingerprint density at radius 3 is 2.78 bits per heavy atom. The minimum Gasteiger partial charge on any atom is -0.439 e. The molecule has 0 spiro atoms. The van der Waals surface area contributed by atoms with E-state index < -0.39 is 5.54 Å². The molecule has 2 aromatic rings. The van der Waals surface area contributed by atoms with Crippen LogP contribution in [0.5, 0.6) is 11.6 Å². The Morgan fingerprint density at radius 1 is 1.22 bits per heavy atom. The molecule has 0 saturated carbocycles. The second-order valence-corrected chi connectivity index (χ2v) is 5.52. The highest BCUT2D eigenvalue weighted by molar-refractivity contribution is 5.98. The molecule has 1 amide bonds. The molecule has 0 unspecified atom stereocenters. The molecule has 6 heteroatoms. The van der Waals surface area contributed by atoms with Gasteiger partial charge in [-0.15, -0.1) is 0 Å². The lowest BCUT2D eigenvalue weighted by Gasteiger charge is -2.31. The molecular formula is C17H19N3O3. The van der Waals surface area contributed by atoms with E-state index in [2.05, 4.69) is 10.3 Å². The molecule has 6 nitrogen and oxygen atoms in total. The quantitative estimate of drug-likeness (QED) is 0.904. The minimum atomic E-state index is -0.879. The van der Waals surface area contributed by atoms with Crippen LogP contribution in [-0.2, 0) is 9.53 Å². The van der Waals surface area contributed by atoms with Gasteiger partial charge >= 0.3 is 0 Å². The van der Waals surface area contributed by atoms with Gasteiger partial charge in [0.2, 0.25) is 11.8 Å². The molecule has 1 fully saturated rings. The molecule has 2 heterocycles. The third kappa shape index (κ3) is 3.85. The lowest BCUT2D eigenvalue weighted by atomic mass is 9.90. The summed E-state index contributed by atoms with van der Waals surface area (Å²) in [4.78, 5) is 16.5. The van der Waals surface area contributed by atoms with Crippen LogP contribution >= 0.6 is 0 Å².